The predicted molar refractivity (Wildman–Crippen MR) is 139 cm³/mol. The van der Waals surface area contributed by atoms with Gasteiger partial charge in [0.25, 0.3) is 5.91 Å². The highest BCUT2D eigenvalue weighted by atomic mass is 32.1. The maximum Gasteiger partial charge on any atom is 0.295 e. The van der Waals surface area contributed by atoms with Gasteiger partial charge in [0.1, 0.15) is 0 Å². The Kier molecular flexibility index (Phi) is 5.41. The summed E-state index contributed by atoms with van der Waals surface area (Å²) in [5.41, 5.74) is 6.43. The molecule has 2 aromatic carbocycles. The van der Waals surface area contributed by atoms with Crippen molar-refractivity contribution in [3.8, 4) is 11.3 Å². The minimum absolute atomic E-state index is 0.121. The number of thiazole rings is 1. The summed E-state index contributed by atoms with van der Waals surface area (Å²) in [4.78, 5) is 39.3. The van der Waals surface area contributed by atoms with Crippen LogP contribution in [-0.4, -0.2) is 26.8 Å². The van der Waals surface area contributed by atoms with Gasteiger partial charge in [0.2, 0.25) is 11.7 Å². The first kappa shape index (κ1) is 22.2. The van der Waals surface area contributed by atoms with Gasteiger partial charge in [-0.1, -0.05) is 24.3 Å². The maximum absolute atomic E-state index is 12.9. The van der Waals surface area contributed by atoms with Gasteiger partial charge < -0.3 is 14.3 Å². The molecule has 0 aliphatic carbocycles. The molecular weight excluding hydrogens is 474 g/mol. The van der Waals surface area contributed by atoms with Crippen LogP contribution in [0.25, 0.3) is 22.2 Å². The fraction of sp³-hybridized carbons (Fsp3) is 0.185. The molecule has 6 rings (SSSR count). The number of nitrogens with zero attached hydrogens (tertiary/aromatic N) is 3. The van der Waals surface area contributed by atoms with Crippen LogP contribution in [0.3, 0.4) is 0 Å². The van der Waals surface area contributed by atoms with Crippen molar-refractivity contribution in [2.24, 2.45) is 0 Å². The quantitative estimate of drug-likeness (QED) is 0.328. The molecule has 180 valence electrons. The normalized spacial score (nSPS) is 13.3. The smallest absolute Gasteiger partial charge is 0.295 e. The molecule has 2 amide bonds. The van der Waals surface area contributed by atoms with Crippen molar-refractivity contribution in [2.75, 3.05) is 10.2 Å². The molecule has 0 fully saturated rings. The monoisotopic (exact) mass is 497 g/mol. The fourth-order valence-corrected chi connectivity index (χ4v) is 5.42. The van der Waals surface area contributed by atoms with Gasteiger partial charge >= 0.3 is 0 Å². The summed E-state index contributed by atoms with van der Waals surface area (Å²) < 4.78 is 5.40. The molecule has 0 bridgehead atoms. The van der Waals surface area contributed by atoms with Crippen molar-refractivity contribution in [3.05, 3.63) is 82.5 Å². The zero-order chi connectivity index (χ0) is 24.8. The van der Waals surface area contributed by atoms with Gasteiger partial charge in [-0.15, -0.1) is 11.3 Å². The zero-order valence-corrected chi connectivity index (χ0v) is 20.6. The minimum atomic E-state index is -0.370. The summed E-state index contributed by atoms with van der Waals surface area (Å²) in [5.74, 6) is 0.391. The second kappa shape index (κ2) is 8.76. The molecule has 0 spiro atoms. The van der Waals surface area contributed by atoms with E-state index < -0.39 is 0 Å². The van der Waals surface area contributed by atoms with E-state index in [1.54, 1.807) is 13.8 Å². The third kappa shape index (κ3) is 3.97. The minimum Gasteiger partial charge on any atom is -0.436 e. The Morgan fingerprint density at radius 1 is 1.17 bits per heavy atom. The van der Waals surface area contributed by atoms with Crippen LogP contribution in [0.5, 0.6) is 0 Å². The Balaban J connectivity index is 1.24. The van der Waals surface area contributed by atoms with Gasteiger partial charge in [-0.2, -0.15) is 0 Å². The van der Waals surface area contributed by atoms with E-state index in [9.17, 15) is 9.59 Å². The van der Waals surface area contributed by atoms with Crippen molar-refractivity contribution in [1.82, 2.24) is 15.0 Å². The molecule has 1 aliphatic rings. The number of hydrogen-bond donors (Lipinski definition) is 2. The standard InChI is InChI=1S/C27H23N5O3S/c1-15-25(35-16(2)29-15)26(34)31-27-30-21(14-36-27)18-6-8-22-19(12-18)7-9-23(33)32(22)13-20-5-3-4-17-10-11-28-24(17)20/h3-6,8,10-12,14,28H,7,9,13H2,1-2H3,(H,30,31,34). The average molecular weight is 498 g/mol. The van der Waals surface area contributed by atoms with E-state index >= 15 is 0 Å². The second-order valence-corrected chi connectivity index (χ2v) is 9.68. The lowest BCUT2D eigenvalue weighted by Gasteiger charge is -2.30. The second-order valence-electron chi connectivity index (χ2n) is 8.82. The summed E-state index contributed by atoms with van der Waals surface area (Å²) in [6.07, 6.45) is 3.07. The molecule has 8 nitrogen and oxygen atoms in total. The third-order valence-electron chi connectivity index (χ3n) is 6.41. The third-order valence-corrected chi connectivity index (χ3v) is 7.17. The van der Waals surface area contributed by atoms with Gasteiger partial charge in [0.15, 0.2) is 11.0 Å². The molecule has 3 aromatic heterocycles. The predicted octanol–water partition coefficient (Wildman–Crippen LogP) is 5.63. The molecule has 0 radical (unpaired) electrons. The summed E-state index contributed by atoms with van der Waals surface area (Å²) in [6.45, 7) is 3.95. The fourth-order valence-electron chi connectivity index (χ4n) is 4.70. The van der Waals surface area contributed by atoms with E-state index in [0.29, 0.717) is 36.1 Å². The number of carbonyl (C=O) groups excluding carboxylic acids is 2. The number of H-pyrrole nitrogens is 1. The molecule has 0 unspecified atom stereocenters. The van der Waals surface area contributed by atoms with E-state index in [-0.39, 0.29) is 17.6 Å². The van der Waals surface area contributed by atoms with Gasteiger partial charge in [-0.25, -0.2) is 9.97 Å². The van der Waals surface area contributed by atoms with Crippen LogP contribution in [0.15, 0.2) is 58.5 Å². The lowest BCUT2D eigenvalue weighted by atomic mass is 9.97. The van der Waals surface area contributed by atoms with Crippen LogP contribution in [0.2, 0.25) is 0 Å². The molecule has 0 saturated heterocycles. The van der Waals surface area contributed by atoms with E-state index in [1.165, 1.54) is 11.3 Å². The van der Waals surface area contributed by atoms with Gasteiger partial charge in [-0.05, 0) is 48.1 Å². The average Bonchev–Trinajstić information content (AvgIpc) is 3.61. The van der Waals surface area contributed by atoms with Crippen molar-refractivity contribution in [2.45, 2.75) is 33.2 Å². The first-order valence-corrected chi connectivity index (χ1v) is 12.5. The number of aromatic amines is 1. The number of carbonyl (C=O) groups is 2. The Labute approximate surface area is 211 Å². The van der Waals surface area contributed by atoms with Crippen LogP contribution < -0.4 is 10.2 Å². The van der Waals surface area contributed by atoms with Crippen LogP contribution in [0.1, 0.15) is 39.7 Å². The van der Waals surface area contributed by atoms with Crippen molar-refractivity contribution < 1.29 is 14.0 Å². The highest BCUT2D eigenvalue weighted by molar-refractivity contribution is 7.14. The summed E-state index contributed by atoms with van der Waals surface area (Å²) in [7, 11) is 0. The molecule has 9 heteroatoms. The zero-order valence-electron chi connectivity index (χ0n) is 19.8. The molecule has 5 aromatic rings. The number of benzene rings is 2. The number of hydrogen-bond acceptors (Lipinski definition) is 6. The lowest BCUT2D eigenvalue weighted by molar-refractivity contribution is -0.119. The largest absolute Gasteiger partial charge is 0.436 e. The van der Waals surface area contributed by atoms with Gasteiger partial charge in [0.05, 0.1) is 23.4 Å². The molecule has 1 aliphatic heterocycles. The molecule has 0 atom stereocenters. The Hall–Kier alpha value is -4.24. The number of aromatic nitrogens is 3. The van der Waals surface area contributed by atoms with Crippen LogP contribution in [0, 0.1) is 13.8 Å². The number of aryl methyl sites for hydroxylation is 3. The Bertz CT molecular complexity index is 1630. The molecule has 0 saturated carbocycles. The number of rotatable bonds is 5. The molecule has 2 N–H and O–H groups in total. The summed E-state index contributed by atoms with van der Waals surface area (Å²) >= 11 is 1.35. The van der Waals surface area contributed by atoms with Gasteiger partial charge in [0, 0.05) is 36.2 Å². The number of oxazole rings is 1. The maximum atomic E-state index is 12.9. The number of para-hydroxylation sites is 1. The van der Waals surface area contributed by atoms with Crippen molar-refractivity contribution >= 4 is 44.9 Å². The van der Waals surface area contributed by atoms with E-state index in [2.05, 4.69) is 38.5 Å². The first-order chi connectivity index (χ1) is 17.5. The highest BCUT2D eigenvalue weighted by Gasteiger charge is 2.26. The SMILES string of the molecule is Cc1nc(C)c(C(=O)Nc2nc(-c3ccc4c(c3)CCC(=O)N4Cc3cccc4cc[nH]c34)cs2)o1. The summed E-state index contributed by atoms with van der Waals surface area (Å²) in [5, 5.41) is 6.32. The van der Waals surface area contributed by atoms with E-state index in [0.717, 1.165) is 39.0 Å². The van der Waals surface area contributed by atoms with Crippen molar-refractivity contribution in [1.29, 1.82) is 0 Å². The van der Waals surface area contributed by atoms with Crippen molar-refractivity contribution in [3.63, 3.8) is 0 Å². The van der Waals surface area contributed by atoms with Crippen LogP contribution >= 0.6 is 11.3 Å². The number of fused-ring (bicyclic) bond motifs is 2. The Morgan fingerprint density at radius 3 is 2.89 bits per heavy atom. The lowest BCUT2D eigenvalue weighted by Crippen LogP contribution is -2.34. The topological polar surface area (TPSA) is 104 Å². The van der Waals surface area contributed by atoms with Crippen LogP contribution in [-0.2, 0) is 17.8 Å². The first-order valence-electron chi connectivity index (χ1n) is 11.7. The Morgan fingerprint density at radius 2 is 2.06 bits per heavy atom. The van der Waals surface area contributed by atoms with E-state index in [1.807, 2.05) is 40.7 Å². The van der Waals surface area contributed by atoms with Gasteiger partial charge in [-0.3, -0.25) is 14.9 Å². The number of nitrogens with one attached hydrogen (secondary N) is 2. The summed E-state index contributed by atoms with van der Waals surface area (Å²) in [6, 6.07) is 14.2. The molecule has 4 heterocycles. The van der Waals surface area contributed by atoms with Crippen LogP contribution in [0.4, 0.5) is 10.8 Å². The number of amides is 2. The molecule has 36 heavy (non-hydrogen) atoms. The van der Waals surface area contributed by atoms with E-state index in [4.69, 9.17) is 4.42 Å². The number of anilines is 2. The molecular formula is C27H23N5O3S. The highest BCUT2D eigenvalue weighted by Crippen LogP contribution is 2.35.